The van der Waals surface area contributed by atoms with Crippen molar-refractivity contribution in [2.75, 3.05) is 65.9 Å². The Morgan fingerprint density at radius 2 is 1.45 bits per heavy atom. The zero-order chi connectivity index (χ0) is 40.6. The molecule has 4 saturated carbocycles. The van der Waals surface area contributed by atoms with Crippen LogP contribution in [0.2, 0.25) is 0 Å². The predicted octanol–water partition coefficient (Wildman–Crippen LogP) is 7.61. The van der Waals surface area contributed by atoms with Gasteiger partial charge in [0.25, 0.3) is 0 Å². The van der Waals surface area contributed by atoms with Crippen LogP contribution >= 0.6 is 7.60 Å². The van der Waals surface area contributed by atoms with Gasteiger partial charge in [-0.2, -0.15) is 0 Å². The lowest BCUT2D eigenvalue weighted by Gasteiger charge is -2.61. The largest absolute Gasteiger partial charge is 0.393 e. The number of nitrogens with zero attached hydrogens (tertiary/aromatic N) is 1. The second-order valence-electron chi connectivity index (χ2n) is 19.9. The van der Waals surface area contributed by atoms with Crippen molar-refractivity contribution in [3.63, 3.8) is 0 Å². The van der Waals surface area contributed by atoms with Gasteiger partial charge in [0.05, 0.1) is 57.5 Å². The van der Waals surface area contributed by atoms with Crippen LogP contribution in [0.15, 0.2) is 0 Å². The van der Waals surface area contributed by atoms with Crippen molar-refractivity contribution < 1.29 is 42.9 Å². The van der Waals surface area contributed by atoms with Crippen molar-refractivity contribution in [1.29, 1.82) is 0 Å². The number of aliphatic hydroxyl groups excluding tert-OH is 1. The standard InChI is InChI=1S/C44H79N2O9P/c1-32(37-11-12-38-36-10-9-34-31-35(47)15-19-43(34,5)39(36)16-20-44(37,38)6)7-14-41(49)46-22-17-33(18-23-46)8-13-40(48)45-21-24-52-25-26-53-27-28-54-29-30-55-56(50,51)42(2,3)4/h32-39,47H,7-31H2,1-6H3,(H,45,48)(H,50,51)/t32-,34?,35-,36?,37?,38?,39?,43+,44-/m1/s1. The molecule has 5 fully saturated rings. The Bertz CT molecular complexity index is 1300. The number of nitrogens with one attached hydrogen (secondary N) is 1. The summed E-state index contributed by atoms with van der Waals surface area (Å²) in [6.45, 7) is 17.0. The van der Waals surface area contributed by atoms with Crippen LogP contribution in [0, 0.1) is 52.3 Å². The van der Waals surface area contributed by atoms with Gasteiger partial charge in [-0.1, -0.05) is 20.8 Å². The van der Waals surface area contributed by atoms with E-state index in [1.807, 2.05) is 0 Å². The highest BCUT2D eigenvalue weighted by Crippen LogP contribution is 2.68. The molecule has 5 rings (SSSR count). The number of hydrogen-bond acceptors (Lipinski definition) is 8. The van der Waals surface area contributed by atoms with Crippen LogP contribution in [0.1, 0.15) is 138 Å². The molecule has 0 aromatic heterocycles. The Hall–Kier alpha value is -1.07. The number of piperidine rings is 1. The van der Waals surface area contributed by atoms with Crippen molar-refractivity contribution in [3.05, 3.63) is 0 Å². The fraction of sp³-hybridized carbons (Fsp3) is 0.955. The second kappa shape index (κ2) is 20.5. The summed E-state index contributed by atoms with van der Waals surface area (Å²) < 4.78 is 33.5. The van der Waals surface area contributed by atoms with Crippen LogP contribution in [-0.2, 0) is 32.9 Å². The van der Waals surface area contributed by atoms with E-state index < -0.39 is 12.8 Å². The molecular formula is C44H79N2O9P. The molecule has 1 saturated heterocycles. The number of hydrogen-bond donors (Lipinski definition) is 3. The van der Waals surface area contributed by atoms with Crippen molar-refractivity contribution in [1.82, 2.24) is 10.2 Å². The van der Waals surface area contributed by atoms with Gasteiger partial charge in [-0.05, 0) is 156 Å². The van der Waals surface area contributed by atoms with Crippen LogP contribution in [-0.4, -0.2) is 104 Å². The Morgan fingerprint density at radius 1 is 0.821 bits per heavy atom. The highest BCUT2D eigenvalue weighted by atomic mass is 31.2. The Balaban J connectivity index is 0.871. The summed E-state index contributed by atoms with van der Waals surface area (Å²) in [6, 6.07) is 0. The van der Waals surface area contributed by atoms with Gasteiger partial charge in [-0.15, -0.1) is 0 Å². The SMILES string of the molecule is C[C@H](CCC(=O)N1CCC(CCC(=O)NCCOCCOCCOCCOP(=O)(O)C(C)(C)C)CC1)C1CCC2C3CCC4C[C@H](O)CC[C@]4(C)C3CC[C@@]21C. The van der Waals surface area contributed by atoms with E-state index in [-0.39, 0.29) is 25.2 Å². The molecule has 56 heavy (non-hydrogen) atoms. The van der Waals surface area contributed by atoms with Crippen LogP contribution in [0.4, 0.5) is 0 Å². The lowest BCUT2D eigenvalue weighted by atomic mass is 9.44. The summed E-state index contributed by atoms with van der Waals surface area (Å²) in [5.41, 5.74) is 0.836. The van der Waals surface area contributed by atoms with Crippen LogP contribution in [0.25, 0.3) is 0 Å². The number of fused-ring (bicyclic) bond motifs is 5. The highest BCUT2D eigenvalue weighted by Gasteiger charge is 2.60. The van der Waals surface area contributed by atoms with Crippen molar-refractivity contribution in [2.24, 2.45) is 52.3 Å². The molecule has 0 bridgehead atoms. The van der Waals surface area contributed by atoms with E-state index in [0.29, 0.717) is 86.9 Å². The van der Waals surface area contributed by atoms with E-state index in [4.69, 9.17) is 18.7 Å². The fourth-order valence-electron chi connectivity index (χ4n) is 12.0. The average molecular weight is 811 g/mol. The lowest BCUT2D eigenvalue weighted by Crippen LogP contribution is -2.54. The predicted molar refractivity (Wildman–Crippen MR) is 219 cm³/mol. The van der Waals surface area contributed by atoms with E-state index >= 15 is 0 Å². The van der Waals surface area contributed by atoms with Gasteiger partial charge in [0.15, 0.2) is 0 Å². The third kappa shape index (κ3) is 11.6. The van der Waals surface area contributed by atoms with Gasteiger partial charge in [0, 0.05) is 32.5 Å². The van der Waals surface area contributed by atoms with E-state index in [0.717, 1.165) is 75.3 Å². The van der Waals surface area contributed by atoms with E-state index in [1.54, 1.807) is 20.8 Å². The molecule has 10 atom stereocenters. The highest BCUT2D eigenvalue weighted by molar-refractivity contribution is 7.54. The normalized spacial score (nSPS) is 33.9. The molecule has 0 aromatic rings. The van der Waals surface area contributed by atoms with E-state index in [1.165, 1.54) is 44.9 Å². The number of rotatable bonds is 20. The maximum Gasteiger partial charge on any atom is 0.333 e. The molecule has 324 valence electrons. The van der Waals surface area contributed by atoms with Gasteiger partial charge in [-0.25, -0.2) is 0 Å². The smallest absolute Gasteiger partial charge is 0.333 e. The number of ether oxygens (including phenoxy) is 3. The average Bonchev–Trinajstić information content (AvgIpc) is 3.52. The third-order valence-electron chi connectivity index (χ3n) is 15.6. The monoisotopic (exact) mass is 811 g/mol. The van der Waals surface area contributed by atoms with Crippen molar-refractivity contribution >= 4 is 19.4 Å². The van der Waals surface area contributed by atoms with Gasteiger partial charge in [0.1, 0.15) is 0 Å². The topological polar surface area (TPSA) is 144 Å². The van der Waals surface area contributed by atoms with Crippen molar-refractivity contribution in [2.45, 2.75) is 149 Å². The second-order valence-corrected chi connectivity index (χ2v) is 22.5. The minimum atomic E-state index is -3.67. The molecule has 1 aliphatic heterocycles. The molecule has 1 heterocycles. The molecule has 3 N–H and O–H groups in total. The number of amides is 2. The number of likely N-dealkylation sites (tertiary alicyclic amines) is 1. The number of aliphatic hydroxyl groups is 1. The minimum absolute atomic E-state index is 0.0468. The lowest BCUT2D eigenvalue weighted by molar-refractivity contribution is -0.134. The molecule has 0 spiro atoms. The zero-order valence-corrected chi connectivity index (χ0v) is 36.8. The maximum atomic E-state index is 13.4. The van der Waals surface area contributed by atoms with Gasteiger partial charge in [-0.3, -0.25) is 14.2 Å². The first kappa shape index (κ1) is 46.0. The molecule has 0 radical (unpaired) electrons. The Morgan fingerprint density at radius 3 is 2.12 bits per heavy atom. The van der Waals surface area contributed by atoms with Gasteiger partial charge < -0.3 is 39.0 Å². The molecule has 11 nitrogen and oxygen atoms in total. The van der Waals surface area contributed by atoms with Crippen molar-refractivity contribution in [3.8, 4) is 0 Å². The molecule has 12 heteroatoms. The molecule has 5 aliphatic rings. The summed E-state index contributed by atoms with van der Waals surface area (Å²) in [4.78, 5) is 37.8. The summed E-state index contributed by atoms with van der Waals surface area (Å²) in [5, 5.41) is 12.5. The Labute approximate surface area is 339 Å². The van der Waals surface area contributed by atoms with Gasteiger partial charge in [0.2, 0.25) is 11.8 Å². The first-order chi connectivity index (χ1) is 26.5. The summed E-state index contributed by atoms with van der Waals surface area (Å²) in [5.74, 6) is 5.37. The molecule has 2 amide bonds. The fourth-order valence-corrected chi connectivity index (χ4v) is 12.7. The molecule has 6 unspecified atom stereocenters. The molecular weight excluding hydrogens is 731 g/mol. The van der Waals surface area contributed by atoms with Crippen LogP contribution in [0.5, 0.6) is 0 Å². The zero-order valence-electron chi connectivity index (χ0n) is 35.9. The van der Waals surface area contributed by atoms with Gasteiger partial charge >= 0.3 is 7.60 Å². The summed E-state index contributed by atoms with van der Waals surface area (Å²) in [6.07, 6.45) is 16.2. The minimum Gasteiger partial charge on any atom is -0.393 e. The molecule has 0 aromatic carbocycles. The van der Waals surface area contributed by atoms with E-state index in [2.05, 4.69) is 31.0 Å². The van der Waals surface area contributed by atoms with E-state index in [9.17, 15) is 24.2 Å². The quantitative estimate of drug-likeness (QED) is 0.0837. The number of carbonyl (C=O) groups excluding carboxylic acids is 2. The van der Waals surface area contributed by atoms with Crippen LogP contribution < -0.4 is 5.32 Å². The summed E-state index contributed by atoms with van der Waals surface area (Å²) >= 11 is 0. The first-order valence-electron chi connectivity index (χ1n) is 22.5. The maximum absolute atomic E-state index is 13.4. The third-order valence-corrected chi connectivity index (χ3v) is 17.8. The summed E-state index contributed by atoms with van der Waals surface area (Å²) in [7, 11) is -3.67. The van der Waals surface area contributed by atoms with Crippen LogP contribution in [0.3, 0.4) is 0 Å². The Kier molecular flexibility index (Phi) is 16.8. The number of carbonyl (C=O) groups is 2. The molecule has 4 aliphatic carbocycles. The first-order valence-corrected chi connectivity index (χ1v) is 24.1.